The van der Waals surface area contributed by atoms with Crippen molar-refractivity contribution < 1.29 is 13.6 Å². The number of anilines is 2. The molecule has 0 aliphatic rings. The Balaban J connectivity index is 2.24. The molecule has 1 amide bonds. The summed E-state index contributed by atoms with van der Waals surface area (Å²) in [5.74, 6) is 2.36. The first-order valence-corrected chi connectivity index (χ1v) is 5.90. The summed E-state index contributed by atoms with van der Waals surface area (Å²) in [6.07, 6.45) is 0. The summed E-state index contributed by atoms with van der Waals surface area (Å²) in [6.45, 7) is 1.72. The summed E-state index contributed by atoms with van der Waals surface area (Å²) in [7, 11) is 0. The van der Waals surface area contributed by atoms with Crippen molar-refractivity contribution in [2.24, 2.45) is 5.84 Å². The number of nitrogens with one attached hydrogen (secondary N) is 2. The van der Waals surface area contributed by atoms with E-state index in [0.717, 1.165) is 23.5 Å². The Morgan fingerprint density at radius 2 is 1.95 bits per heavy atom. The highest BCUT2D eigenvalue weighted by Gasteiger charge is 2.15. The van der Waals surface area contributed by atoms with Crippen LogP contribution in [0.15, 0.2) is 12.1 Å². The predicted octanol–water partition coefficient (Wildman–Crippen LogP) is 1.66. The van der Waals surface area contributed by atoms with Crippen molar-refractivity contribution >= 4 is 28.1 Å². The van der Waals surface area contributed by atoms with Crippen molar-refractivity contribution in [2.45, 2.75) is 6.92 Å². The van der Waals surface area contributed by atoms with Crippen molar-refractivity contribution in [2.75, 3.05) is 10.7 Å². The summed E-state index contributed by atoms with van der Waals surface area (Å²) in [5, 5.41) is 10.7. The minimum absolute atomic E-state index is 0.179. The van der Waals surface area contributed by atoms with E-state index in [0.29, 0.717) is 5.01 Å². The lowest BCUT2D eigenvalue weighted by Crippen LogP contribution is -2.15. The van der Waals surface area contributed by atoms with E-state index in [1.807, 2.05) is 5.43 Å². The number of hydrazine groups is 1. The Morgan fingerprint density at radius 1 is 1.32 bits per heavy atom. The molecule has 1 aromatic carbocycles. The van der Waals surface area contributed by atoms with E-state index in [-0.39, 0.29) is 10.7 Å². The maximum atomic E-state index is 13.4. The molecule has 6 nitrogen and oxygen atoms in total. The smallest absolute Gasteiger partial charge is 0.257 e. The molecular weight excluding hydrogens is 276 g/mol. The Bertz CT molecular complexity index is 607. The third-order valence-corrected chi connectivity index (χ3v) is 2.95. The van der Waals surface area contributed by atoms with Gasteiger partial charge in [-0.1, -0.05) is 11.3 Å². The maximum Gasteiger partial charge on any atom is 0.257 e. The lowest BCUT2D eigenvalue weighted by atomic mass is 10.1. The molecular formula is C10H9F2N5OS. The van der Waals surface area contributed by atoms with Gasteiger partial charge >= 0.3 is 0 Å². The molecule has 2 aromatic rings. The van der Waals surface area contributed by atoms with Crippen LogP contribution in [0, 0.1) is 18.6 Å². The number of benzene rings is 1. The van der Waals surface area contributed by atoms with E-state index in [2.05, 4.69) is 15.5 Å². The zero-order chi connectivity index (χ0) is 14.0. The molecule has 2 rings (SSSR count). The van der Waals surface area contributed by atoms with Crippen LogP contribution in [0.25, 0.3) is 0 Å². The van der Waals surface area contributed by atoms with Crippen LogP contribution in [-0.4, -0.2) is 16.1 Å². The van der Waals surface area contributed by atoms with Crippen molar-refractivity contribution in [3.8, 4) is 0 Å². The molecule has 100 valence electrons. The monoisotopic (exact) mass is 285 g/mol. The van der Waals surface area contributed by atoms with Crippen LogP contribution in [-0.2, 0) is 0 Å². The number of aryl methyl sites for hydroxylation is 1. The fourth-order valence-electron chi connectivity index (χ4n) is 1.36. The Morgan fingerprint density at radius 3 is 2.42 bits per heavy atom. The second-order valence-electron chi connectivity index (χ2n) is 3.54. The van der Waals surface area contributed by atoms with Gasteiger partial charge in [-0.15, -0.1) is 10.2 Å². The van der Waals surface area contributed by atoms with Crippen LogP contribution in [0.3, 0.4) is 0 Å². The van der Waals surface area contributed by atoms with Crippen LogP contribution >= 0.6 is 11.3 Å². The summed E-state index contributed by atoms with van der Waals surface area (Å²) in [6, 6.07) is 1.75. The topological polar surface area (TPSA) is 92.9 Å². The zero-order valence-electron chi connectivity index (χ0n) is 9.70. The number of hydrogen-bond donors (Lipinski definition) is 3. The lowest BCUT2D eigenvalue weighted by molar-refractivity contribution is 0.102. The van der Waals surface area contributed by atoms with Gasteiger partial charge in [0.05, 0.1) is 0 Å². The third-order valence-electron chi connectivity index (χ3n) is 2.20. The lowest BCUT2D eigenvalue weighted by Gasteiger charge is -2.06. The highest BCUT2D eigenvalue weighted by atomic mass is 32.1. The standard InChI is InChI=1S/C10H9F2N5OS/c1-4-16-17-10(19-4)14-9(18)5-2-6(11)8(15-13)7(12)3-5/h2-3,15H,13H2,1H3,(H,14,17,18). The normalized spacial score (nSPS) is 10.3. The van der Waals surface area contributed by atoms with Gasteiger partial charge in [0.2, 0.25) is 5.13 Å². The molecule has 0 radical (unpaired) electrons. The van der Waals surface area contributed by atoms with E-state index < -0.39 is 23.2 Å². The number of carbonyl (C=O) groups is 1. The molecule has 0 aliphatic heterocycles. The summed E-state index contributed by atoms with van der Waals surface area (Å²) >= 11 is 1.15. The van der Waals surface area contributed by atoms with E-state index >= 15 is 0 Å². The number of nitrogens with zero attached hydrogens (tertiary/aromatic N) is 2. The first kappa shape index (κ1) is 13.3. The van der Waals surface area contributed by atoms with E-state index in [1.165, 1.54) is 0 Å². The molecule has 1 aromatic heterocycles. The van der Waals surface area contributed by atoms with Crippen LogP contribution in [0.1, 0.15) is 15.4 Å². The number of hydrogen-bond acceptors (Lipinski definition) is 6. The molecule has 0 unspecified atom stereocenters. The van der Waals surface area contributed by atoms with Gasteiger partial charge in [0, 0.05) is 5.56 Å². The Hall–Kier alpha value is -2.13. The number of halogens is 2. The first-order valence-electron chi connectivity index (χ1n) is 5.08. The zero-order valence-corrected chi connectivity index (χ0v) is 10.5. The Kier molecular flexibility index (Phi) is 3.67. The van der Waals surface area contributed by atoms with Gasteiger partial charge in [-0.3, -0.25) is 16.0 Å². The molecule has 0 spiro atoms. The van der Waals surface area contributed by atoms with E-state index in [4.69, 9.17) is 5.84 Å². The third kappa shape index (κ3) is 2.83. The van der Waals surface area contributed by atoms with Gasteiger partial charge in [-0.2, -0.15) is 0 Å². The van der Waals surface area contributed by atoms with Crippen molar-refractivity contribution in [1.29, 1.82) is 0 Å². The number of nitrogen functional groups attached to an aromatic ring is 1. The van der Waals surface area contributed by atoms with Crippen molar-refractivity contribution in [1.82, 2.24) is 10.2 Å². The van der Waals surface area contributed by atoms with Gasteiger partial charge in [-0.05, 0) is 19.1 Å². The molecule has 4 N–H and O–H groups in total. The maximum absolute atomic E-state index is 13.4. The first-order chi connectivity index (χ1) is 9.01. The predicted molar refractivity (Wildman–Crippen MR) is 66.8 cm³/mol. The average Bonchev–Trinajstić information content (AvgIpc) is 2.74. The summed E-state index contributed by atoms with van der Waals surface area (Å²) in [4.78, 5) is 11.8. The molecule has 0 saturated heterocycles. The van der Waals surface area contributed by atoms with E-state index in [9.17, 15) is 13.6 Å². The average molecular weight is 285 g/mol. The number of aromatic nitrogens is 2. The van der Waals surface area contributed by atoms with Gasteiger partial charge in [0.25, 0.3) is 5.91 Å². The Labute approximate surface area is 110 Å². The SMILES string of the molecule is Cc1nnc(NC(=O)c2cc(F)c(NN)c(F)c2)s1. The second-order valence-corrected chi connectivity index (χ2v) is 4.72. The fourth-order valence-corrected chi connectivity index (χ4v) is 1.95. The summed E-state index contributed by atoms with van der Waals surface area (Å²) < 4.78 is 26.9. The number of rotatable bonds is 3. The molecule has 0 bridgehead atoms. The van der Waals surface area contributed by atoms with Crippen LogP contribution in [0.5, 0.6) is 0 Å². The summed E-state index contributed by atoms with van der Waals surface area (Å²) in [5.41, 5.74) is 1.20. The molecule has 0 atom stereocenters. The molecule has 0 fully saturated rings. The fraction of sp³-hybridized carbons (Fsp3) is 0.100. The highest BCUT2D eigenvalue weighted by Crippen LogP contribution is 2.21. The van der Waals surface area contributed by atoms with Gasteiger partial charge in [-0.25, -0.2) is 8.78 Å². The molecule has 1 heterocycles. The van der Waals surface area contributed by atoms with Crippen LogP contribution in [0.2, 0.25) is 0 Å². The van der Waals surface area contributed by atoms with Crippen LogP contribution in [0.4, 0.5) is 19.6 Å². The molecule has 9 heteroatoms. The minimum atomic E-state index is -0.957. The molecule has 0 saturated carbocycles. The van der Waals surface area contributed by atoms with Crippen LogP contribution < -0.4 is 16.6 Å². The van der Waals surface area contributed by atoms with Crippen molar-refractivity contribution in [3.63, 3.8) is 0 Å². The largest absolute Gasteiger partial charge is 0.319 e. The minimum Gasteiger partial charge on any atom is -0.319 e. The number of carbonyl (C=O) groups excluding carboxylic acids is 1. The number of nitrogens with two attached hydrogens (primary N) is 1. The second kappa shape index (κ2) is 5.24. The quantitative estimate of drug-likeness (QED) is 0.589. The van der Waals surface area contributed by atoms with Gasteiger partial charge < -0.3 is 5.43 Å². The number of amides is 1. The molecule has 0 aliphatic carbocycles. The van der Waals surface area contributed by atoms with E-state index in [1.54, 1.807) is 6.92 Å². The van der Waals surface area contributed by atoms with Gasteiger partial charge in [0.15, 0.2) is 11.6 Å². The van der Waals surface area contributed by atoms with Gasteiger partial charge in [0.1, 0.15) is 10.7 Å². The van der Waals surface area contributed by atoms with Crippen molar-refractivity contribution in [3.05, 3.63) is 34.3 Å². The highest BCUT2D eigenvalue weighted by molar-refractivity contribution is 7.15. The molecule has 19 heavy (non-hydrogen) atoms.